The molecule has 366 valence electrons. The molecule has 0 aromatic rings. The Balaban J connectivity index is 1.77. The molecule has 62 heavy (non-hydrogen) atoms. The molecule has 0 spiro atoms. The molecule has 12 atom stereocenters. The number of carbonyl (C=O) groups excluding carboxylic acids is 1. The number of amides is 1. The molecule has 14 heteroatoms. The maximum Gasteiger partial charge on any atom is 0.220 e. The highest BCUT2D eigenvalue weighted by atomic mass is 16.7. The zero-order valence-electron chi connectivity index (χ0n) is 38.6. The van der Waals surface area contributed by atoms with E-state index in [1.165, 1.54) is 122 Å². The molecule has 2 aliphatic rings. The van der Waals surface area contributed by atoms with Gasteiger partial charge in [-0.15, -0.1) is 0 Å². The average Bonchev–Trinajstić information content (AvgIpc) is 3.27. The Morgan fingerprint density at radius 1 is 0.565 bits per heavy atom. The lowest BCUT2D eigenvalue weighted by molar-refractivity contribution is -0.359. The van der Waals surface area contributed by atoms with Crippen molar-refractivity contribution in [1.82, 2.24) is 5.32 Å². The summed E-state index contributed by atoms with van der Waals surface area (Å²) in [5, 5.41) is 86.4. The lowest BCUT2D eigenvalue weighted by atomic mass is 9.97. The third-order valence-electron chi connectivity index (χ3n) is 12.5. The van der Waals surface area contributed by atoms with Crippen LogP contribution in [-0.4, -0.2) is 140 Å². The van der Waals surface area contributed by atoms with Gasteiger partial charge in [0.15, 0.2) is 12.6 Å². The van der Waals surface area contributed by atoms with Crippen LogP contribution >= 0.6 is 0 Å². The number of hydrogen-bond acceptors (Lipinski definition) is 13. The van der Waals surface area contributed by atoms with E-state index in [2.05, 4.69) is 19.2 Å². The van der Waals surface area contributed by atoms with Crippen molar-refractivity contribution in [3.63, 3.8) is 0 Å². The zero-order valence-corrected chi connectivity index (χ0v) is 38.6. The number of unbranched alkanes of at least 4 members (excludes halogenated alkanes) is 25. The normalized spacial score (nSPS) is 27.8. The van der Waals surface area contributed by atoms with Gasteiger partial charge in [-0.25, -0.2) is 0 Å². The molecule has 0 saturated carbocycles. The molecule has 0 bridgehead atoms. The fraction of sp³-hybridized carbons (Fsp3) is 0.938. The summed E-state index contributed by atoms with van der Waals surface area (Å²) >= 11 is 0. The fourth-order valence-electron chi connectivity index (χ4n) is 8.35. The van der Waals surface area contributed by atoms with Gasteiger partial charge in [0, 0.05) is 6.42 Å². The molecule has 0 aliphatic carbocycles. The topological polar surface area (TPSA) is 228 Å². The summed E-state index contributed by atoms with van der Waals surface area (Å²) in [4.78, 5) is 13.1. The predicted molar refractivity (Wildman–Crippen MR) is 240 cm³/mol. The summed E-state index contributed by atoms with van der Waals surface area (Å²) in [7, 11) is 0. The number of aliphatic hydroxyl groups is 8. The minimum absolute atomic E-state index is 0.240. The lowest BCUT2D eigenvalue weighted by Gasteiger charge is -2.46. The average molecular weight is 890 g/mol. The summed E-state index contributed by atoms with van der Waals surface area (Å²) in [6, 6.07) is -0.906. The maximum atomic E-state index is 13.1. The Hall–Kier alpha value is -1.27. The second-order valence-electron chi connectivity index (χ2n) is 18.0. The standard InChI is InChI=1S/C48H91NO13/c1-3-5-7-9-11-13-14-15-16-17-18-19-20-21-22-23-24-26-28-30-32-40(53)49-36(37(52)31-29-27-25-12-10-8-6-4-2)35-59-47-45(58)43(56)46(39(34-51)61-47)62-48-44(57)42(55)41(54)38(33-50)60-48/h29,31,36-39,41-48,50-52,54-58H,3-28,30,32-35H2,1-2H3,(H,49,53)/b31-29+. The second kappa shape index (κ2) is 35.9. The zero-order chi connectivity index (χ0) is 45.4. The summed E-state index contributed by atoms with van der Waals surface area (Å²) in [6.07, 6.45) is 19.9. The van der Waals surface area contributed by atoms with Crippen LogP contribution in [0.5, 0.6) is 0 Å². The summed E-state index contributed by atoms with van der Waals surface area (Å²) < 4.78 is 22.6. The molecule has 14 nitrogen and oxygen atoms in total. The molecule has 0 radical (unpaired) electrons. The van der Waals surface area contributed by atoms with Gasteiger partial charge < -0.3 is 65.1 Å². The van der Waals surface area contributed by atoms with Gasteiger partial charge in [-0.3, -0.25) is 4.79 Å². The number of rotatable bonds is 38. The van der Waals surface area contributed by atoms with Crippen LogP contribution in [0.25, 0.3) is 0 Å². The van der Waals surface area contributed by atoms with Gasteiger partial charge in [0.25, 0.3) is 0 Å². The summed E-state index contributed by atoms with van der Waals surface area (Å²) in [5.74, 6) is -0.240. The van der Waals surface area contributed by atoms with Crippen molar-refractivity contribution in [1.29, 1.82) is 0 Å². The maximum absolute atomic E-state index is 13.1. The molecule has 9 N–H and O–H groups in total. The van der Waals surface area contributed by atoms with E-state index in [4.69, 9.17) is 18.9 Å². The lowest BCUT2D eigenvalue weighted by Crippen LogP contribution is -2.65. The first-order chi connectivity index (χ1) is 30.1. The Kier molecular flexibility index (Phi) is 32.9. The number of hydrogen-bond donors (Lipinski definition) is 9. The molecular weight excluding hydrogens is 799 g/mol. The fourth-order valence-corrected chi connectivity index (χ4v) is 8.35. The molecule has 0 aromatic carbocycles. The minimum Gasteiger partial charge on any atom is -0.394 e. The Morgan fingerprint density at radius 2 is 1.00 bits per heavy atom. The van der Waals surface area contributed by atoms with Crippen molar-refractivity contribution in [3.8, 4) is 0 Å². The number of ether oxygens (including phenoxy) is 4. The molecule has 2 saturated heterocycles. The van der Waals surface area contributed by atoms with Crippen molar-refractivity contribution in [2.24, 2.45) is 0 Å². The predicted octanol–water partition coefficient (Wildman–Crippen LogP) is 5.99. The van der Waals surface area contributed by atoms with Crippen LogP contribution in [0.15, 0.2) is 12.2 Å². The number of allylic oxidation sites excluding steroid dienone is 1. The molecular formula is C48H91NO13. The Morgan fingerprint density at radius 3 is 1.48 bits per heavy atom. The number of nitrogens with one attached hydrogen (secondary N) is 1. The Bertz CT molecular complexity index is 1100. The molecule has 2 rings (SSSR count). The van der Waals surface area contributed by atoms with Crippen molar-refractivity contribution < 1.29 is 64.6 Å². The molecule has 2 fully saturated rings. The van der Waals surface area contributed by atoms with Crippen LogP contribution in [0.2, 0.25) is 0 Å². The van der Waals surface area contributed by atoms with Crippen LogP contribution in [0, 0.1) is 0 Å². The van der Waals surface area contributed by atoms with E-state index >= 15 is 0 Å². The second-order valence-corrected chi connectivity index (χ2v) is 18.0. The SMILES string of the molecule is CCCCCCCC/C=C/C(O)C(COC1OC(CO)C(OC2OC(CO)C(O)C(O)C2O)C(O)C1O)NC(=O)CCCCCCCCCCCCCCCCCCCCCC. The number of carbonyl (C=O) groups is 1. The first-order valence-corrected chi connectivity index (χ1v) is 24.9. The largest absolute Gasteiger partial charge is 0.394 e. The van der Waals surface area contributed by atoms with E-state index in [0.717, 1.165) is 44.9 Å². The molecule has 0 aromatic heterocycles. The highest BCUT2D eigenvalue weighted by molar-refractivity contribution is 5.76. The van der Waals surface area contributed by atoms with Crippen molar-refractivity contribution in [2.75, 3.05) is 19.8 Å². The van der Waals surface area contributed by atoms with Crippen LogP contribution in [0.3, 0.4) is 0 Å². The Labute approximate surface area is 374 Å². The van der Waals surface area contributed by atoms with Gasteiger partial charge in [-0.2, -0.15) is 0 Å². The summed E-state index contributed by atoms with van der Waals surface area (Å²) in [6.45, 7) is 2.74. The van der Waals surface area contributed by atoms with Crippen LogP contribution in [0.4, 0.5) is 0 Å². The van der Waals surface area contributed by atoms with Gasteiger partial charge in [0.05, 0.1) is 32.0 Å². The number of aliphatic hydroxyl groups excluding tert-OH is 8. The third-order valence-corrected chi connectivity index (χ3v) is 12.5. The van der Waals surface area contributed by atoms with Gasteiger partial charge in [-0.05, 0) is 19.3 Å². The van der Waals surface area contributed by atoms with E-state index < -0.39 is 86.8 Å². The van der Waals surface area contributed by atoms with E-state index in [0.29, 0.717) is 6.42 Å². The molecule has 2 aliphatic heterocycles. The molecule has 12 unspecified atom stereocenters. The first-order valence-electron chi connectivity index (χ1n) is 24.9. The van der Waals surface area contributed by atoms with Crippen LogP contribution in [0.1, 0.15) is 194 Å². The van der Waals surface area contributed by atoms with Gasteiger partial charge in [-0.1, -0.05) is 180 Å². The van der Waals surface area contributed by atoms with E-state index in [1.807, 2.05) is 6.08 Å². The monoisotopic (exact) mass is 890 g/mol. The van der Waals surface area contributed by atoms with Gasteiger partial charge >= 0.3 is 0 Å². The van der Waals surface area contributed by atoms with E-state index in [1.54, 1.807) is 6.08 Å². The van der Waals surface area contributed by atoms with E-state index in [9.17, 15) is 45.6 Å². The van der Waals surface area contributed by atoms with Gasteiger partial charge in [0.2, 0.25) is 5.91 Å². The van der Waals surface area contributed by atoms with Crippen LogP contribution < -0.4 is 5.32 Å². The van der Waals surface area contributed by atoms with Crippen molar-refractivity contribution in [3.05, 3.63) is 12.2 Å². The first kappa shape index (κ1) is 56.9. The van der Waals surface area contributed by atoms with E-state index in [-0.39, 0.29) is 18.9 Å². The highest BCUT2D eigenvalue weighted by Gasteiger charge is 2.51. The highest BCUT2D eigenvalue weighted by Crippen LogP contribution is 2.30. The summed E-state index contributed by atoms with van der Waals surface area (Å²) in [5.41, 5.74) is 0. The molecule has 1 amide bonds. The van der Waals surface area contributed by atoms with Crippen molar-refractivity contribution in [2.45, 2.75) is 267 Å². The quantitative estimate of drug-likeness (QED) is 0.0257. The minimum atomic E-state index is -1.78. The van der Waals surface area contributed by atoms with Gasteiger partial charge in [0.1, 0.15) is 48.8 Å². The van der Waals surface area contributed by atoms with Crippen molar-refractivity contribution >= 4 is 5.91 Å². The third kappa shape index (κ3) is 23.3. The van der Waals surface area contributed by atoms with Crippen LogP contribution in [-0.2, 0) is 23.7 Å². The molecule has 2 heterocycles. The smallest absolute Gasteiger partial charge is 0.220 e.